The molecule has 0 N–H and O–H groups in total. The summed E-state index contributed by atoms with van der Waals surface area (Å²) in [6.07, 6.45) is 3.90. The van der Waals surface area contributed by atoms with E-state index in [1.165, 1.54) is 10.2 Å². The molecule has 2 aromatic carbocycles. The lowest BCUT2D eigenvalue weighted by molar-refractivity contribution is 0.0468. The van der Waals surface area contributed by atoms with Crippen LogP contribution in [0.5, 0.6) is 0 Å². The van der Waals surface area contributed by atoms with Crippen LogP contribution in [0.3, 0.4) is 0 Å². The quantitative estimate of drug-likeness (QED) is 0.393. The monoisotopic (exact) mass is 406 g/mol. The van der Waals surface area contributed by atoms with Crippen molar-refractivity contribution < 1.29 is 14.3 Å². The molecule has 3 aromatic rings. The summed E-state index contributed by atoms with van der Waals surface area (Å²) in [6.45, 7) is 4.08. The fourth-order valence-electron chi connectivity index (χ4n) is 3.27. The molecule has 0 amide bonds. The second kappa shape index (κ2) is 9.96. The highest BCUT2D eigenvalue weighted by molar-refractivity contribution is 6.04. The number of benzene rings is 2. The number of rotatable bonds is 9. The number of fused-ring (bicyclic) bond motifs is 1. The van der Waals surface area contributed by atoms with Gasteiger partial charge in [0, 0.05) is 17.5 Å². The van der Waals surface area contributed by atoms with Gasteiger partial charge in [0.25, 0.3) is 5.56 Å². The van der Waals surface area contributed by atoms with Gasteiger partial charge >= 0.3 is 5.97 Å². The van der Waals surface area contributed by atoms with E-state index in [0.717, 1.165) is 19.3 Å². The zero-order valence-electron chi connectivity index (χ0n) is 17.4. The maximum atomic E-state index is 12.7. The predicted molar refractivity (Wildman–Crippen MR) is 116 cm³/mol. The van der Waals surface area contributed by atoms with Crippen molar-refractivity contribution in [3.05, 3.63) is 75.7 Å². The van der Waals surface area contributed by atoms with Crippen molar-refractivity contribution in [3.8, 4) is 0 Å². The van der Waals surface area contributed by atoms with Gasteiger partial charge in [0.2, 0.25) is 0 Å². The number of unbranched alkanes of at least 4 members (excludes halogenated alkanes) is 1. The third kappa shape index (κ3) is 4.82. The molecule has 0 spiro atoms. The molecule has 6 heteroatoms. The molecule has 30 heavy (non-hydrogen) atoms. The van der Waals surface area contributed by atoms with Crippen LogP contribution in [0.15, 0.2) is 53.3 Å². The Kier molecular flexibility index (Phi) is 7.12. The average Bonchev–Trinajstić information content (AvgIpc) is 2.78. The minimum absolute atomic E-state index is 0.0429. The molecule has 1 heterocycles. The largest absolute Gasteiger partial charge is 0.452 e. The van der Waals surface area contributed by atoms with Crippen LogP contribution in [0.25, 0.3) is 10.8 Å². The van der Waals surface area contributed by atoms with Gasteiger partial charge in [0.1, 0.15) is 0 Å². The summed E-state index contributed by atoms with van der Waals surface area (Å²) in [5, 5.41) is 5.03. The molecule has 0 aliphatic carbocycles. The first-order valence-corrected chi connectivity index (χ1v) is 10.3. The van der Waals surface area contributed by atoms with Gasteiger partial charge in [-0.3, -0.25) is 9.59 Å². The van der Waals surface area contributed by atoms with Crippen molar-refractivity contribution in [3.63, 3.8) is 0 Å². The molecule has 0 unspecified atom stereocenters. The molecule has 0 saturated heterocycles. The van der Waals surface area contributed by atoms with Gasteiger partial charge in [-0.15, -0.1) is 0 Å². The van der Waals surface area contributed by atoms with E-state index in [1.807, 2.05) is 19.1 Å². The van der Waals surface area contributed by atoms with Gasteiger partial charge in [0.05, 0.1) is 5.39 Å². The van der Waals surface area contributed by atoms with E-state index in [1.54, 1.807) is 36.4 Å². The van der Waals surface area contributed by atoms with Gasteiger partial charge in [-0.25, -0.2) is 9.48 Å². The third-order valence-electron chi connectivity index (χ3n) is 4.93. The number of ether oxygens (including phenoxy) is 1. The molecule has 6 nitrogen and oxygen atoms in total. The Morgan fingerprint density at radius 1 is 0.967 bits per heavy atom. The lowest BCUT2D eigenvalue weighted by Gasteiger charge is -2.10. The van der Waals surface area contributed by atoms with Crippen LogP contribution < -0.4 is 5.56 Å². The van der Waals surface area contributed by atoms with Crippen LogP contribution in [0.4, 0.5) is 0 Å². The lowest BCUT2D eigenvalue weighted by atomic mass is 10.0. The Morgan fingerprint density at radius 3 is 2.33 bits per heavy atom. The SMILES string of the molecule is CCCCc1ccc(C(=O)COC(=O)c2nn(CCC)c(=O)c3ccccc23)cc1. The van der Waals surface area contributed by atoms with Gasteiger partial charge in [-0.1, -0.05) is 62.7 Å². The Morgan fingerprint density at radius 2 is 1.67 bits per heavy atom. The summed E-state index contributed by atoms with van der Waals surface area (Å²) in [5.41, 5.74) is 1.47. The Labute approximate surface area is 175 Å². The zero-order chi connectivity index (χ0) is 21.5. The van der Waals surface area contributed by atoms with Crippen LogP contribution >= 0.6 is 0 Å². The van der Waals surface area contributed by atoms with Gasteiger partial charge in [-0.2, -0.15) is 5.10 Å². The number of nitrogens with zero attached hydrogens (tertiary/aromatic N) is 2. The third-order valence-corrected chi connectivity index (χ3v) is 4.93. The Bertz CT molecular complexity index is 1100. The predicted octanol–water partition coefficient (Wildman–Crippen LogP) is 4.19. The first-order valence-electron chi connectivity index (χ1n) is 10.3. The highest BCUT2D eigenvalue weighted by Crippen LogP contribution is 2.15. The van der Waals surface area contributed by atoms with Crippen LogP contribution in [0.1, 0.15) is 59.5 Å². The second-order valence-electron chi connectivity index (χ2n) is 7.22. The Hall–Kier alpha value is -3.28. The van der Waals surface area contributed by atoms with Crippen LogP contribution in [0, 0.1) is 0 Å². The smallest absolute Gasteiger partial charge is 0.359 e. The highest BCUT2D eigenvalue weighted by atomic mass is 16.5. The molecular weight excluding hydrogens is 380 g/mol. The number of hydrogen-bond donors (Lipinski definition) is 0. The van der Waals surface area contributed by atoms with E-state index < -0.39 is 5.97 Å². The van der Waals surface area contributed by atoms with Crippen molar-refractivity contribution in [1.29, 1.82) is 0 Å². The number of Topliss-reactive ketones (excluding diaryl/α,β-unsaturated/α-hetero) is 1. The summed E-state index contributed by atoms with van der Waals surface area (Å²) in [7, 11) is 0. The number of hydrogen-bond acceptors (Lipinski definition) is 5. The topological polar surface area (TPSA) is 78.3 Å². The maximum absolute atomic E-state index is 12.7. The molecule has 156 valence electrons. The van der Waals surface area contributed by atoms with Crippen molar-refractivity contribution in [1.82, 2.24) is 9.78 Å². The normalized spacial score (nSPS) is 10.9. The molecule has 3 rings (SSSR count). The molecule has 0 radical (unpaired) electrons. The van der Waals surface area contributed by atoms with E-state index >= 15 is 0 Å². The number of esters is 1. The highest BCUT2D eigenvalue weighted by Gasteiger charge is 2.19. The summed E-state index contributed by atoms with van der Waals surface area (Å²) < 4.78 is 6.53. The van der Waals surface area contributed by atoms with Crippen molar-refractivity contribution in [2.75, 3.05) is 6.61 Å². The molecule has 0 fully saturated rings. The average molecular weight is 406 g/mol. The van der Waals surface area contributed by atoms with Gasteiger partial charge in [-0.05, 0) is 30.9 Å². The van der Waals surface area contributed by atoms with Crippen LogP contribution in [0.2, 0.25) is 0 Å². The molecular formula is C24H26N2O4. The zero-order valence-corrected chi connectivity index (χ0v) is 17.4. The number of aromatic nitrogens is 2. The maximum Gasteiger partial charge on any atom is 0.359 e. The first-order chi connectivity index (χ1) is 14.5. The van der Waals surface area contributed by atoms with Gasteiger partial charge in [0.15, 0.2) is 18.1 Å². The lowest BCUT2D eigenvalue weighted by Crippen LogP contribution is -2.27. The minimum atomic E-state index is -0.719. The van der Waals surface area contributed by atoms with E-state index in [9.17, 15) is 14.4 Å². The summed E-state index contributed by atoms with van der Waals surface area (Å²) in [6, 6.07) is 14.2. The molecule has 0 bridgehead atoms. The summed E-state index contributed by atoms with van der Waals surface area (Å²) in [5.74, 6) is -0.999. The second-order valence-corrected chi connectivity index (χ2v) is 7.22. The number of carbonyl (C=O) groups excluding carboxylic acids is 2. The van der Waals surface area contributed by atoms with Crippen molar-refractivity contribution in [2.24, 2.45) is 0 Å². The summed E-state index contributed by atoms with van der Waals surface area (Å²) in [4.78, 5) is 37.7. The van der Waals surface area contributed by atoms with Crippen LogP contribution in [-0.2, 0) is 17.7 Å². The Balaban J connectivity index is 1.76. The molecule has 0 saturated carbocycles. The molecule has 0 aliphatic rings. The number of ketones is 1. The number of aryl methyl sites for hydroxylation is 2. The molecule has 0 aliphatic heterocycles. The fraction of sp³-hybridized carbons (Fsp3) is 0.333. The summed E-state index contributed by atoms with van der Waals surface area (Å²) >= 11 is 0. The standard InChI is InChI=1S/C24H26N2O4/c1-3-5-8-17-11-13-18(14-12-17)21(27)16-30-24(29)22-19-9-6-7-10-20(19)23(28)26(25-22)15-4-2/h6-7,9-14H,3-5,8,15-16H2,1-2H3. The van der Waals surface area contributed by atoms with Gasteiger partial charge < -0.3 is 4.74 Å². The van der Waals surface area contributed by atoms with Crippen LogP contribution in [-0.4, -0.2) is 28.1 Å². The van der Waals surface area contributed by atoms with Crippen molar-refractivity contribution in [2.45, 2.75) is 46.1 Å². The van der Waals surface area contributed by atoms with E-state index in [0.29, 0.717) is 29.3 Å². The molecule has 0 atom stereocenters. The van der Waals surface area contributed by atoms with E-state index in [4.69, 9.17) is 4.74 Å². The number of carbonyl (C=O) groups is 2. The fourth-order valence-corrected chi connectivity index (χ4v) is 3.27. The van der Waals surface area contributed by atoms with E-state index in [2.05, 4.69) is 12.0 Å². The first kappa shape index (κ1) is 21.4. The molecule has 1 aromatic heterocycles. The van der Waals surface area contributed by atoms with E-state index in [-0.39, 0.29) is 23.6 Å². The van der Waals surface area contributed by atoms with Crippen molar-refractivity contribution >= 4 is 22.5 Å². The minimum Gasteiger partial charge on any atom is -0.452 e.